The smallest absolute Gasteiger partial charge is 0.185 e. The van der Waals surface area contributed by atoms with Crippen molar-refractivity contribution in [3.05, 3.63) is 78.9 Å². The van der Waals surface area contributed by atoms with Crippen LogP contribution in [0.25, 0.3) is 11.1 Å². The van der Waals surface area contributed by atoms with Gasteiger partial charge in [-0.1, -0.05) is 59.8 Å². The highest BCUT2D eigenvalue weighted by Gasteiger charge is 2.12. The zero-order chi connectivity index (χ0) is 13.8. The molecule has 0 unspecified atom stereocenters. The minimum absolute atomic E-state index is 0.446. The molecule has 0 atom stereocenters. The van der Waals surface area contributed by atoms with Gasteiger partial charge in [-0.3, -0.25) is 4.57 Å². The van der Waals surface area contributed by atoms with E-state index in [2.05, 4.69) is 10.1 Å². The highest BCUT2D eigenvalue weighted by atomic mass is 16.4. The van der Waals surface area contributed by atoms with E-state index in [0.717, 1.165) is 16.7 Å². The van der Waals surface area contributed by atoms with Gasteiger partial charge >= 0.3 is 0 Å². The van der Waals surface area contributed by atoms with Crippen LogP contribution in [0.4, 0.5) is 0 Å². The highest BCUT2D eigenvalue weighted by molar-refractivity contribution is 6.05. The fourth-order valence-electron chi connectivity index (χ4n) is 2.18. The fourth-order valence-corrected chi connectivity index (χ4v) is 2.18. The van der Waals surface area contributed by atoms with Crippen LogP contribution in [-0.4, -0.2) is 20.6 Å². The summed E-state index contributed by atoms with van der Waals surface area (Å²) >= 11 is 0. The third-order valence-corrected chi connectivity index (χ3v) is 3.10. The lowest BCUT2D eigenvalue weighted by Crippen LogP contribution is -2.12. The summed E-state index contributed by atoms with van der Waals surface area (Å²) in [6.45, 7) is 0. The molecule has 0 aliphatic carbocycles. The number of rotatable bonds is 2. The van der Waals surface area contributed by atoms with E-state index in [1.165, 1.54) is 0 Å². The van der Waals surface area contributed by atoms with Gasteiger partial charge in [0.25, 0.3) is 0 Å². The first-order chi connectivity index (χ1) is 9.90. The van der Waals surface area contributed by atoms with Crippen molar-refractivity contribution in [2.24, 2.45) is 5.16 Å². The Labute approximate surface area is 116 Å². The zero-order valence-electron chi connectivity index (χ0n) is 10.7. The zero-order valence-corrected chi connectivity index (χ0v) is 10.7. The van der Waals surface area contributed by atoms with Crippen molar-refractivity contribution in [3.63, 3.8) is 0 Å². The third-order valence-electron chi connectivity index (χ3n) is 3.10. The third kappa shape index (κ3) is 2.19. The molecule has 2 aromatic carbocycles. The van der Waals surface area contributed by atoms with Gasteiger partial charge in [0.2, 0.25) is 0 Å². The quantitative estimate of drug-likeness (QED) is 0.334. The number of hydrogen-bond donors (Lipinski definition) is 1. The Hall–Kier alpha value is -2.88. The van der Waals surface area contributed by atoms with Crippen LogP contribution in [0.5, 0.6) is 0 Å². The van der Waals surface area contributed by atoms with Crippen molar-refractivity contribution in [3.8, 4) is 11.1 Å². The second kappa shape index (κ2) is 5.40. The van der Waals surface area contributed by atoms with Crippen molar-refractivity contribution in [2.75, 3.05) is 0 Å². The van der Waals surface area contributed by atoms with Crippen molar-refractivity contribution in [1.82, 2.24) is 9.55 Å². The maximum Gasteiger partial charge on any atom is 0.185 e. The molecule has 0 aliphatic heterocycles. The van der Waals surface area contributed by atoms with Crippen LogP contribution in [0, 0.1) is 0 Å². The number of hydrogen-bond acceptors (Lipinski definition) is 3. The van der Waals surface area contributed by atoms with Crippen LogP contribution in [-0.2, 0) is 0 Å². The van der Waals surface area contributed by atoms with Gasteiger partial charge in [-0.2, -0.15) is 0 Å². The van der Waals surface area contributed by atoms with Crippen LogP contribution < -0.4 is 0 Å². The molecule has 4 nitrogen and oxygen atoms in total. The first-order valence-corrected chi connectivity index (χ1v) is 6.25. The number of nitrogens with zero attached hydrogens (tertiary/aromatic N) is 3. The molecule has 0 fully saturated rings. The topological polar surface area (TPSA) is 50.4 Å². The standard InChI is InChI=1S/C16H13N3O/c20-18-16(19-11-10-17-12-19)15-9-5-4-8-14(15)13-6-2-1-3-7-13/h1-12,20H/b18-16-. The molecule has 98 valence electrons. The van der Waals surface area contributed by atoms with Gasteiger partial charge in [0, 0.05) is 18.0 Å². The first kappa shape index (κ1) is 12.2. The van der Waals surface area contributed by atoms with Gasteiger partial charge < -0.3 is 5.21 Å². The summed E-state index contributed by atoms with van der Waals surface area (Å²) in [5.41, 5.74) is 2.93. The second-order valence-electron chi connectivity index (χ2n) is 4.31. The Morgan fingerprint density at radius 1 is 1.00 bits per heavy atom. The van der Waals surface area contributed by atoms with Gasteiger partial charge in [-0.25, -0.2) is 4.98 Å². The Balaban J connectivity index is 2.16. The summed E-state index contributed by atoms with van der Waals surface area (Å²) in [5.74, 6) is 0.446. The molecule has 1 heterocycles. The molecular weight excluding hydrogens is 250 g/mol. The van der Waals surface area contributed by atoms with Crippen molar-refractivity contribution in [1.29, 1.82) is 0 Å². The van der Waals surface area contributed by atoms with Gasteiger partial charge in [0.15, 0.2) is 5.84 Å². The average molecular weight is 263 g/mol. The number of oxime groups is 1. The summed E-state index contributed by atoms with van der Waals surface area (Å²) in [6.07, 6.45) is 5.00. The van der Waals surface area contributed by atoms with E-state index in [-0.39, 0.29) is 0 Å². The minimum atomic E-state index is 0.446. The Kier molecular flexibility index (Phi) is 3.29. The van der Waals surface area contributed by atoms with Crippen LogP contribution >= 0.6 is 0 Å². The van der Waals surface area contributed by atoms with Crippen molar-refractivity contribution in [2.45, 2.75) is 0 Å². The van der Waals surface area contributed by atoms with E-state index in [1.54, 1.807) is 23.3 Å². The normalized spacial score (nSPS) is 11.5. The summed E-state index contributed by atoms with van der Waals surface area (Å²) < 4.78 is 1.68. The van der Waals surface area contributed by atoms with E-state index in [1.807, 2.05) is 54.6 Å². The average Bonchev–Trinajstić information content (AvgIpc) is 3.04. The lowest BCUT2D eigenvalue weighted by molar-refractivity contribution is 0.317. The van der Waals surface area contributed by atoms with Gasteiger partial charge in [-0.15, -0.1) is 0 Å². The predicted octanol–water partition coefficient (Wildman–Crippen LogP) is 3.23. The summed E-state index contributed by atoms with van der Waals surface area (Å²) in [4.78, 5) is 3.99. The van der Waals surface area contributed by atoms with E-state index >= 15 is 0 Å². The minimum Gasteiger partial charge on any atom is -0.409 e. The Morgan fingerprint density at radius 2 is 1.75 bits per heavy atom. The van der Waals surface area contributed by atoms with Crippen LogP contribution in [0.1, 0.15) is 5.56 Å². The Morgan fingerprint density at radius 3 is 2.45 bits per heavy atom. The molecule has 1 N–H and O–H groups in total. The maximum absolute atomic E-state index is 9.36. The number of benzene rings is 2. The number of aromatic nitrogens is 2. The molecule has 0 aliphatic rings. The van der Waals surface area contributed by atoms with E-state index < -0.39 is 0 Å². The molecule has 20 heavy (non-hydrogen) atoms. The molecule has 0 bridgehead atoms. The molecule has 0 amide bonds. The second-order valence-corrected chi connectivity index (χ2v) is 4.31. The highest BCUT2D eigenvalue weighted by Crippen LogP contribution is 2.24. The van der Waals surface area contributed by atoms with E-state index in [4.69, 9.17) is 0 Å². The van der Waals surface area contributed by atoms with Crippen LogP contribution in [0.15, 0.2) is 78.5 Å². The number of imidazole rings is 1. The van der Waals surface area contributed by atoms with Gasteiger partial charge in [0.1, 0.15) is 6.33 Å². The molecule has 3 aromatic rings. The van der Waals surface area contributed by atoms with Crippen molar-refractivity contribution >= 4 is 5.84 Å². The molecular formula is C16H13N3O. The van der Waals surface area contributed by atoms with Crippen molar-refractivity contribution < 1.29 is 5.21 Å². The predicted molar refractivity (Wildman–Crippen MR) is 77.8 cm³/mol. The summed E-state index contributed by atoms with van der Waals surface area (Å²) in [5, 5.41) is 12.8. The first-order valence-electron chi connectivity index (χ1n) is 6.25. The van der Waals surface area contributed by atoms with Crippen LogP contribution in [0.3, 0.4) is 0 Å². The lowest BCUT2D eigenvalue weighted by Gasteiger charge is -2.11. The summed E-state index contributed by atoms with van der Waals surface area (Å²) in [7, 11) is 0. The molecule has 0 saturated carbocycles. The van der Waals surface area contributed by atoms with E-state index in [0.29, 0.717) is 5.84 Å². The monoisotopic (exact) mass is 263 g/mol. The molecule has 3 rings (SSSR count). The molecule has 1 aromatic heterocycles. The van der Waals surface area contributed by atoms with Gasteiger partial charge in [0.05, 0.1) is 0 Å². The van der Waals surface area contributed by atoms with Gasteiger partial charge in [-0.05, 0) is 11.1 Å². The fraction of sp³-hybridized carbons (Fsp3) is 0. The molecule has 0 saturated heterocycles. The SMILES string of the molecule is O/N=C(/c1ccccc1-c1ccccc1)n1ccnc1. The van der Waals surface area contributed by atoms with Crippen LogP contribution in [0.2, 0.25) is 0 Å². The lowest BCUT2D eigenvalue weighted by atomic mass is 9.99. The maximum atomic E-state index is 9.36. The molecule has 0 radical (unpaired) electrons. The largest absolute Gasteiger partial charge is 0.409 e. The van der Waals surface area contributed by atoms with E-state index in [9.17, 15) is 5.21 Å². The summed E-state index contributed by atoms with van der Waals surface area (Å²) in [6, 6.07) is 17.8. The Bertz CT molecular complexity index is 718. The molecule has 4 heteroatoms. The molecule has 0 spiro atoms.